The van der Waals surface area contributed by atoms with Crippen molar-refractivity contribution in [1.82, 2.24) is 0 Å². The van der Waals surface area contributed by atoms with E-state index in [1.54, 1.807) is 0 Å². The molecule has 0 rings (SSSR count). The molecule has 70 heavy (non-hydrogen) atoms. The SMILES string of the molecule is FC(F)(F)C(F)(F)C(F)(F)C(F)(F)C(F)(F)C(F)(F)CCP(CCC(F)(F)C(F)(F)C(F)(F)C(F)(F)C(F)(F)C(F)(F)F)CCC(F)(F)C(F)(F)C(F)(F)C(F)(F)C(F)(F)C(F)(F)C(F)(F)C(F)(F)F. The van der Waals surface area contributed by atoms with Gasteiger partial charge in [-0.15, -0.1) is 7.92 Å². The van der Waals surface area contributed by atoms with Crippen LogP contribution in [0.5, 0.6) is 0 Å². The minimum atomic E-state index is -9.47. The summed E-state index contributed by atoms with van der Waals surface area (Å²) >= 11 is 0. The van der Waals surface area contributed by atoms with Crippen molar-refractivity contribution in [3.05, 3.63) is 0 Å². The Hall–Kier alpha value is -2.58. The molecule has 0 N–H and O–H groups in total. The summed E-state index contributed by atoms with van der Waals surface area (Å²) in [5.41, 5.74) is 0. The van der Waals surface area contributed by atoms with Gasteiger partial charge in [0.1, 0.15) is 0 Å². The summed E-state index contributed by atoms with van der Waals surface area (Å²) in [7, 11) is -5.12. The van der Waals surface area contributed by atoms with Crippen LogP contribution in [0.3, 0.4) is 0 Å². The highest BCUT2D eigenvalue weighted by Gasteiger charge is 2.96. The lowest BCUT2D eigenvalue weighted by Gasteiger charge is -2.43. The monoisotopic (exact) mass is 1170 g/mol. The van der Waals surface area contributed by atoms with Crippen LogP contribution in [-0.2, 0) is 0 Å². The van der Waals surface area contributed by atoms with Gasteiger partial charge in [0, 0.05) is 19.3 Å². The number of hydrogen-bond donors (Lipinski definition) is 0. The number of hydrogen-bond acceptors (Lipinski definition) is 0. The van der Waals surface area contributed by atoms with Gasteiger partial charge in [0.05, 0.1) is 0 Å². The lowest BCUT2D eigenvalue weighted by atomic mass is 9.88. The molecule has 0 aromatic carbocycles. The largest absolute Gasteiger partial charge is 0.460 e. The normalized spacial score (nSPS) is 17.0. The van der Waals surface area contributed by atoms with Gasteiger partial charge in [-0.05, 0) is 18.5 Å². The molecule has 0 aromatic rings. The highest BCUT2D eigenvalue weighted by molar-refractivity contribution is 7.57. The van der Waals surface area contributed by atoms with Crippen LogP contribution >= 0.6 is 7.92 Å². The molecule has 0 radical (unpaired) electrons. The van der Waals surface area contributed by atoms with E-state index in [0.29, 0.717) is 0 Å². The fraction of sp³-hybridized carbons (Fsp3) is 1.00. The maximum atomic E-state index is 14.5. The van der Waals surface area contributed by atoms with Crippen molar-refractivity contribution >= 4 is 7.92 Å². The number of halogens is 43. The molecule has 44 heteroatoms. The summed E-state index contributed by atoms with van der Waals surface area (Å²) in [6.07, 6.45) is -47.3. The molecule has 0 heterocycles. The van der Waals surface area contributed by atoms with Crippen LogP contribution in [0.2, 0.25) is 0 Å². The van der Waals surface area contributed by atoms with Gasteiger partial charge in [-0.3, -0.25) is 0 Å². The van der Waals surface area contributed by atoms with Crippen LogP contribution in [0.15, 0.2) is 0 Å². The van der Waals surface area contributed by atoms with Gasteiger partial charge in [-0.1, -0.05) is 0 Å². The van der Waals surface area contributed by atoms with E-state index in [-0.39, 0.29) is 0 Å². The van der Waals surface area contributed by atoms with Gasteiger partial charge in [0.15, 0.2) is 0 Å². The second-order valence-corrected chi connectivity index (χ2v) is 16.4. The van der Waals surface area contributed by atoms with Crippen LogP contribution in [0.4, 0.5) is 189 Å². The van der Waals surface area contributed by atoms with Crippen molar-refractivity contribution in [3.63, 3.8) is 0 Å². The molecule has 0 amide bonds. The van der Waals surface area contributed by atoms with E-state index in [4.69, 9.17) is 0 Å². The third-order valence-electron chi connectivity index (χ3n) is 9.01. The third-order valence-corrected chi connectivity index (χ3v) is 11.6. The molecule has 0 atom stereocenters. The molecule has 0 saturated carbocycles. The van der Waals surface area contributed by atoms with Crippen molar-refractivity contribution in [2.75, 3.05) is 18.5 Å². The van der Waals surface area contributed by atoms with Crippen LogP contribution in [-0.4, -0.2) is 138 Å². The zero-order chi connectivity index (χ0) is 57.8. The second kappa shape index (κ2) is 17.8. The van der Waals surface area contributed by atoms with E-state index in [2.05, 4.69) is 0 Å². The zero-order valence-corrected chi connectivity index (χ0v) is 31.8. The maximum absolute atomic E-state index is 14.5. The van der Waals surface area contributed by atoms with Gasteiger partial charge >= 0.3 is 119 Å². The van der Waals surface area contributed by atoms with E-state index in [1.807, 2.05) is 0 Å². The summed E-state index contributed by atoms with van der Waals surface area (Å²) < 4.78 is 580. The van der Waals surface area contributed by atoms with Crippen molar-refractivity contribution in [2.24, 2.45) is 0 Å². The fourth-order valence-corrected chi connectivity index (χ4v) is 6.96. The maximum Gasteiger partial charge on any atom is 0.460 e. The van der Waals surface area contributed by atoms with Gasteiger partial charge in [0.2, 0.25) is 0 Å². The molecule has 0 saturated heterocycles. The number of rotatable bonds is 23. The van der Waals surface area contributed by atoms with Gasteiger partial charge in [-0.2, -0.15) is 189 Å². The van der Waals surface area contributed by atoms with Crippen molar-refractivity contribution in [2.45, 2.75) is 138 Å². The first kappa shape index (κ1) is 67.4. The van der Waals surface area contributed by atoms with Crippen LogP contribution in [0, 0.1) is 0 Å². The smallest absolute Gasteiger partial charge is 0.200 e. The van der Waals surface area contributed by atoms with Gasteiger partial charge < -0.3 is 0 Å². The molecule has 0 aliphatic heterocycles. The van der Waals surface area contributed by atoms with Crippen molar-refractivity contribution < 1.29 is 189 Å². The van der Waals surface area contributed by atoms with Crippen molar-refractivity contribution in [3.8, 4) is 0 Å². The molecule has 0 aromatic heterocycles. The molecule has 0 unspecified atom stereocenters. The number of alkyl halides is 43. The predicted octanol–water partition coefficient (Wildman–Crippen LogP) is 16.1. The molecular formula is C26H12F43P. The minimum Gasteiger partial charge on any atom is -0.200 e. The quantitative estimate of drug-likeness (QED) is 0.0707. The zero-order valence-electron chi connectivity index (χ0n) is 30.9. The Morgan fingerprint density at radius 3 is 0.400 bits per heavy atom. The van der Waals surface area contributed by atoms with E-state index in [1.165, 1.54) is 0 Å². The van der Waals surface area contributed by atoms with E-state index in [9.17, 15) is 189 Å². The highest BCUT2D eigenvalue weighted by Crippen LogP contribution is 2.67. The molecular weight excluding hydrogens is 1160 g/mol. The molecule has 422 valence electrons. The van der Waals surface area contributed by atoms with Gasteiger partial charge in [0.25, 0.3) is 0 Å². The minimum absolute atomic E-state index is 3.37. The Morgan fingerprint density at radius 2 is 0.271 bits per heavy atom. The first-order chi connectivity index (χ1) is 29.5. The van der Waals surface area contributed by atoms with Crippen LogP contribution < -0.4 is 0 Å². The Labute approximate surface area is 354 Å². The average Bonchev–Trinajstić information content (AvgIpc) is 3.11. The molecule has 0 fully saturated rings. The fourth-order valence-electron chi connectivity index (χ4n) is 4.50. The lowest BCUT2D eigenvalue weighted by molar-refractivity contribution is -0.461. The Balaban J connectivity index is 7.73. The molecule has 0 spiro atoms. The molecule has 0 aliphatic carbocycles. The summed E-state index contributed by atoms with van der Waals surface area (Å²) in [5, 5.41) is 0. The Bertz CT molecular complexity index is 1710. The molecule has 0 aliphatic rings. The first-order valence-electron chi connectivity index (χ1n) is 15.9. The van der Waals surface area contributed by atoms with E-state index >= 15 is 0 Å². The van der Waals surface area contributed by atoms with E-state index < -0.39 is 165 Å². The van der Waals surface area contributed by atoms with Crippen LogP contribution in [0.1, 0.15) is 19.3 Å². The summed E-state index contributed by atoms with van der Waals surface area (Å²) in [4.78, 5) is 0. The standard InChI is InChI=1S/C26H12F43P/c27-7(28,10(33,34)13(39,40)16(45,46)17(47,48)20(53,54)23(59,60)26(67,68)69)1-4-70(5-2-8(29,30)11(35,36)14(41,42)18(49,50)21(55,56)24(61,62)63)6-3-9(31,32)12(37,38)15(43,44)19(51,52)22(57,58)25(64,65)66/h1-6H2. The Kier molecular flexibility index (Phi) is 17.1. The lowest BCUT2D eigenvalue weighted by Crippen LogP contribution is -2.74. The predicted molar refractivity (Wildman–Crippen MR) is 138 cm³/mol. The van der Waals surface area contributed by atoms with E-state index in [0.717, 1.165) is 0 Å². The van der Waals surface area contributed by atoms with Crippen molar-refractivity contribution in [1.29, 1.82) is 0 Å². The molecule has 0 nitrogen and oxygen atoms in total. The summed E-state index contributed by atoms with van der Waals surface area (Å²) in [5.74, 6) is -148. The molecule has 0 bridgehead atoms. The summed E-state index contributed by atoms with van der Waals surface area (Å²) in [6, 6.07) is 0. The summed E-state index contributed by atoms with van der Waals surface area (Å²) in [6.45, 7) is 0. The second-order valence-electron chi connectivity index (χ2n) is 13.7. The Morgan fingerprint density at radius 1 is 0.157 bits per heavy atom. The first-order valence-corrected chi connectivity index (χ1v) is 17.8. The topological polar surface area (TPSA) is 0 Å². The van der Waals surface area contributed by atoms with Gasteiger partial charge in [-0.25, -0.2) is 0 Å². The highest BCUT2D eigenvalue weighted by atomic mass is 31.1. The average molecular weight is 1170 g/mol. The van der Waals surface area contributed by atoms with Crippen LogP contribution in [0.25, 0.3) is 0 Å². The third kappa shape index (κ3) is 9.57.